The van der Waals surface area contributed by atoms with Gasteiger partial charge >= 0.3 is 0 Å². The van der Waals surface area contributed by atoms with Gasteiger partial charge in [0.15, 0.2) is 0 Å². The second-order valence-corrected chi connectivity index (χ2v) is 6.40. The van der Waals surface area contributed by atoms with Crippen molar-refractivity contribution in [3.05, 3.63) is 28.5 Å². The predicted octanol–water partition coefficient (Wildman–Crippen LogP) is 4.46. The van der Waals surface area contributed by atoms with Gasteiger partial charge in [0.1, 0.15) is 17.7 Å². The average molecular weight is 329 g/mol. The molecule has 0 amide bonds. The lowest BCUT2D eigenvalue weighted by atomic mass is 9.90. The van der Waals surface area contributed by atoms with Crippen LogP contribution in [0.3, 0.4) is 0 Å². The van der Waals surface area contributed by atoms with Crippen molar-refractivity contribution in [3.63, 3.8) is 0 Å². The fourth-order valence-electron chi connectivity index (χ4n) is 3.20. The molecule has 2 nitrogen and oxygen atoms in total. The Balaban J connectivity index is 1.69. The van der Waals surface area contributed by atoms with Crippen LogP contribution in [0.4, 0.5) is 4.39 Å². The Labute approximate surface area is 121 Å². The monoisotopic (exact) mass is 328 g/mol. The summed E-state index contributed by atoms with van der Waals surface area (Å²) in [6, 6.07) is 4.57. The van der Waals surface area contributed by atoms with Crippen LogP contribution in [0, 0.1) is 5.82 Å². The molecule has 1 aliphatic carbocycles. The molecule has 1 spiro atoms. The maximum atomic E-state index is 13.1. The van der Waals surface area contributed by atoms with E-state index in [1.54, 1.807) is 6.07 Å². The molecule has 1 heterocycles. The van der Waals surface area contributed by atoms with Crippen LogP contribution in [0.1, 0.15) is 38.5 Å². The summed E-state index contributed by atoms with van der Waals surface area (Å²) in [6.07, 6.45) is 6.85. The summed E-state index contributed by atoms with van der Waals surface area (Å²) in [5.74, 6) is 0.472. The molecule has 0 radical (unpaired) electrons. The lowest BCUT2D eigenvalue weighted by Crippen LogP contribution is -2.41. The van der Waals surface area contributed by atoms with Gasteiger partial charge in [-0.15, -0.1) is 0 Å². The molecule has 4 heteroatoms. The van der Waals surface area contributed by atoms with E-state index in [1.165, 1.54) is 25.0 Å². The molecule has 1 saturated carbocycles. The van der Waals surface area contributed by atoms with E-state index in [4.69, 9.17) is 9.47 Å². The number of hydrogen-bond donors (Lipinski definition) is 0. The molecular formula is C15H18BrFO2. The van der Waals surface area contributed by atoms with E-state index in [0.29, 0.717) is 4.47 Å². The molecule has 3 rings (SSSR count). The Kier molecular flexibility index (Phi) is 3.81. The highest BCUT2D eigenvalue weighted by Gasteiger charge is 2.40. The molecule has 104 valence electrons. The van der Waals surface area contributed by atoms with Gasteiger partial charge < -0.3 is 9.47 Å². The molecule has 2 fully saturated rings. The lowest BCUT2D eigenvalue weighted by molar-refractivity contribution is -0.108. The van der Waals surface area contributed by atoms with E-state index in [0.717, 1.165) is 38.0 Å². The van der Waals surface area contributed by atoms with E-state index in [-0.39, 0.29) is 17.5 Å². The second-order valence-electron chi connectivity index (χ2n) is 5.55. The Bertz CT molecular complexity index is 457. The van der Waals surface area contributed by atoms with Crippen LogP contribution < -0.4 is 4.74 Å². The quantitative estimate of drug-likeness (QED) is 0.798. The summed E-state index contributed by atoms with van der Waals surface area (Å²) < 4.78 is 25.8. The normalized spacial score (nSPS) is 25.7. The van der Waals surface area contributed by atoms with E-state index in [1.807, 2.05) is 0 Å². The minimum absolute atomic E-state index is 0.0510. The standard InChI is InChI=1S/C15H18BrFO2/c16-13-9-11(17)3-4-14(13)19-12-5-8-18-15(10-12)6-1-2-7-15/h3-4,9,12H,1-2,5-8,10H2. The largest absolute Gasteiger partial charge is 0.489 e. The van der Waals surface area contributed by atoms with Gasteiger partial charge in [-0.2, -0.15) is 0 Å². The fourth-order valence-corrected chi connectivity index (χ4v) is 3.65. The van der Waals surface area contributed by atoms with E-state index in [2.05, 4.69) is 15.9 Å². The third kappa shape index (κ3) is 2.95. The number of ether oxygens (including phenoxy) is 2. The van der Waals surface area contributed by atoms with Crippen LogP contribution in [0.15, 0.2) is 22.7 Å². The Hall–Kier alpha value is -0.610. The van der Waals surface area contributed by atoms with Crippen LogP contribution in [0.2, 0.25) is 0 Å². The lowest BCUT2D eigenvalue weighted by Gasteiger charge is -2.38. The van der Waals surface area contributed by atoms with Crippen molar-refractivity contribution >= 4 is 15.9 Å². The minimum atomic E-state index is -0.251. The number of halogens is 2. The minimum Gasteiger partial charge on any atom is -0.489 e. The zero-order chi connectivity index (χ0) is 13.3. The maximum Gasteiger partial charge on any atom is 0.134 e. The predicted molar refractivity (Wildman–Crippen MR) is 74.9 cm³/mol. The molecular weight excluding hydrogens is 311 g/mol. The first-order valence-electron chi connectivity index (χ1n) is 6.93. The van der Waals surface area contributed by atoms with Gasteiger partial charge in [0.05, 0.1) is 16.7 Å². The Morgan fingerprint density at radius 2 is 2.11 bits per heavy atom. The topological polar surface area (TPSA) is 18.5 Å². The van der Waals surface area contributed by atoms with Crippen molar-refractivity contribution < 1.29 is 13.9 Å². The van der Waals surface area contributed by atoms with Gasteiger partial charge in [-0.1, -0.05) is 12.8 Å². The van der Waals surface area contributed by atoms with Crippen LogP contribution >= 0.6 is 15.9 Å². The first-order chi connectivity index (χ1) is 9.17. The second kappa shape index (κ2) is 5.41. The van der Waals surface area contributed by atoms with Crippen LogP contribution in [-0.4, -0.2) is 18.3 Å². The molecule has 19 heavy (non-hydrogen) atoms. The van der Waals surface area contributed by atoms with Gasteiger partial charge in [-0.3, -0.25) is 0 Å². The third-order valence-electron chi connectivity index (χ3n) is 4.15. The van der Waals surface area contributed by atoms with Crippen LogP contribution in [-0.2, 0) is 4.74 Å². The maximum absolute atomic E-state index is 13.1. The SMILES string of the molecule is Fc1ccc(OC2CCOC3(CCCC3)C2)c(Br)c1. The summed E-state index contributed by atoms with van der Waals surface area (Å²) in [5.41, 5.74) is 0.0510. The van der Waals surface area contributed by atoms with E-state index < -0.39 is 0 Å². The first-order valence-corrected chi connectivity index (χ1v) is 7.72. The highest BCUT2D eigenvalue weighted by atomic mass is 79.9. The molecule has 0 bridgehead atoms. The van der Waals surface area contributed by atoms with Crippen LogP contribution in [0.5, 0.6) is 5.75 Å². The molecule has 0 N–H and O–H groups in total. The van der Waals surface area contributed by atoms with Crippen molar-refractivity contribution in [1.82, 2.24) is 0 Å². The molecule has 1 saturated heterocycles. The van der Waals surface area contributed by atoms with Crippen molar-refractivity contribution in [1.29, 1.82) is 0 Å². The molecule has 1 aliphatic heterocycles. The average Bonchev–Trinajstić information content (AvgIpc) is 2.81. The number of rotatable bonds is 2. The Morgan fingerprint density at radius 1 is 1.32 bits per heavy atom. The molecule has 1 aromatic rings. The van der Waals surface area contributed by atoms with Gasteiger partial charge in [0.2, 0.25) is 0 Å². The highest BCUT2D eigenvalue weighted by Crippen LogP contribution is 2.41. The summed E-state index contributed by atoms with van der Waals surface area (Å²) in [5, 5.41) is 0. The van der Waals surface area contributed by atoms with Gasteiger partial charge in [-0.05, 0) is 47.0 Å². The van der Waals surface area contributed by atoms with Crippen molar-refractivity contribution in [3.8, 4) is 5.75 Å². The molecule has 1 aromatic carbocycles. The molecule has 1 unspecified atom stereocenters. The van der Waals surface area contributed by atoms with Gasteiger partial charge in [-0.25, -0.2) is 4.39 Å². The molecule has 2 aliphatic rings. The fraction of sp³-hybridized carbons (Fsp3) is 0.600. The number of hydrogen-bond acceptors (Lipinski definition) is 2. The zero-order valence-corrected chi connectivity index (χ0v) is 12.4. The van der Waals surface area contributed by atoms with Crippen molar-refractivity contribution in [2.75, 3.05) is 6.61 Å². The summed E-state index contributed by atoms with van der Waals surface area (Å²) in [7, 11) is 0. The third-order valence-corrected chi connectivity index (χ3v) is 4.77. The highest BCUT2D eigenvalue weighted by molar-refractivity contribution is 9.10. The van der Waals surface area contributed by atoms with Crippen molar-refractivity contribution in [2.45, 2.75) is 50.2 Å². The summed E-state index contributed by atoms with van der Waals surface area (Å²) >= 11 is 3.35. The zero-order valence-electron chi connectivity index (χ0n) is 10.8. The van der Waals surface area contributed by atoms with E-state index in [9.17, 15) is 4.39 Å². The summed E-state index contributed by atoms with van der Waals surface area (Å²) in [6.45, 7) is 0.767. The smallest absolute Gasteiger partial charge is 0.134 e. The van der Waals surface area contributed by atoms with Gasteiger partial charge in [0, 0.05) is 12.8 Å². The van der Waals surface area contributed by atoms with E-state index >= 15 is 0 Å². The van der Waals surface area contributed by atoms with Crippen LogP contribution in [0.25, 0.3) is 0 Å². The van der Waals surface area contributed by atoms with Gasteiger partial charge in [0.25, 0.3) is 0 Å². The molecule has 1 atom stereocenters. The first kappa shape index (κ1) is 13.4. The Morgan fingerprint density at radius 3 is 2.84 bits per heavy atom. The molecule has 0 aromatic heterocycles. The summed E-state index contributed by atoms with van der Waals surface area (Å²) in [4.78, 5) is 0. The number of benzene rings is 1. The van der Waals surface area contributed by atoms with Crippen molar-refractivity contribution in [2.24, 2.45) is 0 Å².